The van der Waals surface area contributed by atoms with Gasteiger partial charge in [0.15, 0.2) is 0 Å². The smallest absolute Gasteiger partial charge is 0.237 e. The van der Waals surface area contributed by atoms with Gasteiger partial charge in [0.05, 0.1) is 7.11 Å². The lowest BCUT2D eigenvalue weighted by molar-refractivity contribution is -0.128. The minimum absolute atomic E-state index is 0.169. The van der Waals surface area contributed by atoms with Gasteiger partial charge in [0.1, 0.15) is 12.3 Å². The molecular formula is C22H30N4O3. The van der Waals surface area contributed by atoms with Crippen LogP contribution in [0.4, 0.5) is 0 Å². The van der Waals surface area contributed by atoms with Gasteiger partial charge < -0.3 is 19.9 Å². The predicted molar refractivity (Wildman–Crippen MR) is 111 cm³/mol. The maximum absolute atomic E-state index is 12.0. The summed E-state index contributed by atoms with van der Waals surface area (Å²) in [4.78, 5) is 28.0. The van der Waals surface area contributed by atoms with Crippen LogP contribution in [0.25, 0.3) is 10.9 Å². The van der Waals surface area contributed by atoms with E-state index in [2.05, 4.69) is 4.90 Å². The van der Waals surface area contributed by atoms with E-state index < -0.39 is 0 Å². The van der Waals surface area contributed by atoms with Crippen LogP contribution in [-0.4, -0.2) is 59.5 Å². The van der Waals surface area contributed by atoms with Crippen LogP contribution in [0.2, 0.25) is 0 Å². The third kappa shape index (κ3) is 4.40. The number of methoxy groups -OCH3 is 1. The Hall–Kier alpha value is -2.54. The minimum atomic E-state index is -0.349. The van der Waals surface area contributed by atoms with Crippen molar-refractivity contribution in [1.29, 1.82) is 0 Å². The highest BCUT2D eigenvalue weighted by molar-refractivity contribution is 5.87. The maximum atomic E-state index is 12.0. The maximum Gasteiger partial charge on any atom is 0.237 e. The second kappa shape index (κ2) is 8.45. The lowest BCUT2D eigenvalue weighted by atomic mass is 9.97. The second-order valence-corrected chi connectivity index (χ2v) is 8.32. The number of aromatic nitrogens is 1. The minimum Gasteiger partial charge on any atom is -0.497 e. The molecule has 1 aromatic heterocycles. The van der Waals surface area contributed by atoms with Gasteiger partial charge in [-0.2, -0.15) is 0 Å². The van der Waals surface area contributed by atoms with Gasteiger partial charge in [-0.3, -0.25) is 14.5 Å². The number of rotatable bonds is 7. The van der Waals surface area contributed by atoms with Crippen molar-refractivity contribution < 1.29 is 14.3 Å². The van der Waals surface area contributed by atoms with Crippen molar-refractivity contribution in [3.05, 3.63) is 30.0 Å². The molecule has 0 bridgehead atoms. The molecule has 2 aromatic rings. The average Bonchev–Trinajstić information content (AvgIpc) is 3.25. The molecule has 7 heteroatoms. The molecule has 2 fully saturated rings. The van der Waals surface area contributed by atoms with Crippen LogP contribution < -0.4 is 10.5 Å². The van der Waals surface area contributed by atoms with Gasteiger partial charge in [-0.1, -0.05) is 0 Å². The van der Waals surface area contributed by atoms with Crippen molar-refractivity contribution in [3.63, 3.8) is 0 Å². The molecule has 7 nitrogen and oxygen atoms in total. The van der Waals surface area contributed by atoms with Crippen LogP contribution in [-0.2, 0) is 22.7 Å². The summed E-state index contributed by atoms with van der Waals surface area (Å²) in [7, 11) is 1.66. The normalized spacial score (nSPS) is 20.5. The molecule has 0 radical (unpaired) electrons. The Morgan fingerprint density at radius 1 is 1.28 bits per heavy atom. The van der Waals surface area contributed by atoms with E-state index in [0.29, 0.717) is 18.2 Å². The number of ether oxygens (including phenoxy) is 1. The first-order chi connectivity index (χ1) is 14.0. The van der Waals surface area contributed by atoms with Crippen molar-refractivity contribution in [3.8, 4) is 5.75 Å². The lowest BCUT2D eigenvalue weighted by Gasteiger charge is -2.34. The Morgan fingerprint density at radius 3 is 2.86 bits per heavy atom. The summed E-state index contributed by atoms with van der Waals surface area (Å²) in [6, 6.07) is 5.93. The first kappa shape index (κ1) is 19.8. The topological polar surface area (TPSA) is 80.8 Å². The number of primary amides is 1. The molecule has 0 aliphatic carbocycles. The first-order valence-corrected chi connectivity index (χ1v) is 10.5. The van der Waals surface area contributed by atoms with Gasteiger partial charge in [-0.15, -0.1) is 0 Å². The quantitative estimate of drug-likeness (QED) is 0.773. The standard InChI is InChI=1S/C22H30N4O3/c1-29-18-6-7-20-19(10-18)17(14-26(20)15-21(23)27)13-24-8-2-4-16(11-24)12-25-9-3-5-22(25)28/h6-7,10,14,16H,2-5,8-9,11-13,15H2,1H3,(H2,23,27). The Morgan fingerprint density at radius 2 is 2.14 bits per heavy atom. The number of nitrogens with zero attached hydrogens (tertiary/aromatic N) is 3. The second-order valence-electron chi connectivity index (χ2n) is 8.32. The molecule has 0 spiro atoms. The van der Waals surface area contributed by atoms with Gasteiger partial charge >= 0.3 is 0 Å². The average molecular weight is 399 g/mol. The number of benzene rings is 1. The molecule has 0 saturated carbocycles. The van der Waals surface area contributed by atoms with Crippen LogP contribution >= 0.6 is 0 Å². The monoisotopic (exact) mass is 398 g/mol. The van der Waals surface area contributed by atoms with E-state index in [9.17, 15) is 9.59 Å². The van der Waals surface area contributed by atoms with Crippen LogP contribution in [0.15, 0.2) is 24.4 Å². The summed E-state index contributed by atoms with van der Waals surface area (Å²) >= 11 is 0. The molecule has 2 N–H and O–H groups in total. The highest BCUT2D eigenvalue weighted by Gasteiger charge is 2.27. The third-order valence-corrected chi connectivity index (χ3v) is 6.14. The summed E-state index contributed by atoms with van der Waals surface area (Å²) < 4.78 is 7.33. The molecule has 4 rings (SSSR count). The largest absolute Gasteiger partial charge is 0.497 e. The van der Waals surface area contributed by atoms with E-state index in [0.717, 1.165) is 62.2 Å². The molecule has 156 valence electrons. The van der Waals surface area contributed by atoms with Crippen LogP contribution in [0, 0.1) is 5.92 Å². The molecule has 3 heterocycles. The number of nitrogens with two attached hydrogens (primary N) is 1. The number of fused-ring (bicyclic) bond motifs is 1. The van der Waals surface area contributed by atoms with Crippen LogP contribution in [0.1, 0.15) is 31.2 Å². The van der Waals surface area contributed by atoms with E-state index in [1.165, 1.54) is 12.0 Å². The fourth-order valence-electron chi connectivity index (χ4n) is 4.80. The van der Waals surface area contributed by atoms with E-state index in [1.807, 2.05) is 33.9 Å². The predicted octanol–water partition coefficient (Wildman–Crippen LogP) is 1.97. The molecule has 1 unspecified atom stereocenters. The van der Waals surface area contributed by atoms with E-state index in [4.69, 9.17) is 10.5 Å². The summed E-state index contributed by atoms with van der Waals surface area (Å²) in [5, 5.41) is 1.10. The van der Waals surface area contributed by atoms with Gasteiger partial charge in [0.2, 0.25) is 11.8 Å². The van der Waals surface area contributed by atoms with Crippen molar-refractivity contribution in [1.82, 2.24) is 14.4 Å². The molecule has 2 aliphatic rings. The van der Waals surface area contributed by atoms with Crippen molar-refractivity contribution in [2.45, 2.75) is 38.8 Å². The Bertz CT molecular complexity index is 907. The fourth-order valence-corrected chi connectivity index (χ4v) is 4.80. The molecule has 2 amide bonds. The molecule has 2 saturated heterocycles. The lowest BCUT2D eigenvalue weighted by Crippen LogP contribution is -2.41. The summed E-state index contributed by atoms with van der Waals surface area (Å²) in [5.74, 6) is 1.29. The number of carbonyl (C=O) groups excluding carboxylic acids is 2. The Balaban J connectivity index is 1.51. The molecule has 1 atom stereocenters. The van der Waals surface area contributed by atoms with Crippen LogP contribution in [0.3, 0.4) is 0 Å². The highest BCUT2D eigenvalue weighted by Crippen LogP contribution is 2.29. The number of carbonyl (C=O) groups is 2. The zero-order valence-corrected chi connectivity index (χ0v) is 17.1. The van der Waals surface area contributed by atoms with Crippen molar-refractivity contribution in [2.75, 3.05) is 33.3 Å². The van der Waals surface area contributed by atoms with Gasteiger partial charge in [-0.05, 0) is 55.5 Å². The number of hydrogen-bond donors (Lipinski definition) is 1. The molecule has 1 aromatic carbocycles. The Kier molecular flexibility index (Phi) is 5.76. The highest BCUT2D eigenvalue weighted by atomic mass is 16.5. The molecular weight excluding hydrogens is 368 g/mol. The first-order valence-electron chi connectivity index (χ1n) is 10.5. The van der Waals surface area contributed by atoms with Crippen LogP contribution in [0.5, 0.6) is 5.75 Å². The zero-order valence-electron chi connectivity index (χ0n) is 17.1. The number of hydrogen-bond acceptors (Lipinski definition) is 4. The molecule has 29 heavy (non-hydrogen) atoms. The van der Waals surface area contributed by atoms with E-state index >= 15 is 0 Å². The Labute approximate surface area is 171 Å². The van der Waals surface area contributed by atoms with Gasteiger partial charge in [0.25, 0.3) is 0 Å². The summed E-state index contributed by atoms with van der Waals surface area (Å²) in [6.45, 7) is 4.83. The number of piperidine rings is 1. The number of amides is 2. The van der Waals surface area contributed by atoms with Crippen molar-refractivity contribution in [2.24, 2.45) is 11.7 Å². The molecule has 2 aliphatic heterocycles. The van der Waals surface area contributed by atoms with Crippen molar-refractivity contribution >= 4 is 22.7 Å². The summed E-state index contributed by atoms with van der Waals surface area (Å²) in [6.07, 6.45) is 6.07. The van der Waals surface area contributed by atoms with Gasteiger partial charge in [0, 0.05) is 49.7 Å². The SMILES string of the molecule is COc1ccc2c(c1)c(CN1CCCC(CN3CCCC3=O)C1)cn2CC(N)=O. The number of likely N-dealkylation sites (tertiary alicyclic amines) is 2. The third-order valence-electron chi connectivity index (χ3n) is 6.14. The van der Waals surface area contributed by atoms with Gasteiger partial charge in [-0.25, -0.2) is 0 Å². The zero-order chi connectivity index (χ0) is 20.4. The fraction of sp³-hybridized carbons (Fsp3) is 0.545. The van der Waals surface area contributed by atoms with E-state index in [1.54, 1.807) is 7.11 Å². The van der Waals surface area contributed by atoms with E-state index in [-0.39, 0.29) is 12.5 Å². The summed E-state index contributed by atoms with van der Waals surface area (Å²) in [5.41, 5.74) is 7.62.